The van der Waals surface area contributed by atoms with Gasteiger partial charge in [-0.05, 0) is 46.9 Å². The molecule has 3 rings (SSSR count). The molecule has 29 heavy (non-hydrogen) atoms. The van der Waals surface area contributed by atoms with Crippen LogP contribution in [-0.2, 0) is 24.4 Å². The first-order valence-corrected chi connectivity index (χ1v) is 10.8. The minimum Gasteiger partial charge on any atom is -0.350 e. The molecule has 1 aliphatic carbocycles. The van der Waals surface area contributed by atoms with Crippen LogP contribution in [0.25, 0.3) is 0 Å². The number of amides is 1. The van der Waals surface area contributed by atoms with Crippen LogP contribution < -0.4 is 16.6 Å². The summed E-state index contributed by atoms with van der Waals surface area (Å²) in [6.07, 6.45) is 7.76. The second-order valence-electron chi connectivity index (χ2n) is 7.62. The van der Waals surface area contributed by atoms with Gasteiger partial charge >= 0.3 is 5.69 Å². The summed E-state index contributed by atoms with van der Waals surface area (Å²) in [7, 11) is 2.17. The van der Waals surface area contributed by atoms with E-state index in [2.05, 4.69) is 44.2 Å². The number of hydrogen-bond acceptors (Lipinski definition) is 4. The van der Waals surface area contributed by atoms with E-state index in [-0.39, 0.29) is 16.9 Å². The third kappa shape index (κ3) is 5.90. The fourth-order valence-corrected chi connectivity index (χ4v) is 4.15. The van der Waals surface area contributed by atoms with Gasteiger partial charge in [-0.2, -0.15) is 0 Å². The van der Waals surface area contributed by atoms with Crippen LogP contribution in [0.15, 0.2) is 44.5 Å². The SMILES string of the molecule is CN(Cc1ccccc1CNC(=O)Cn1cc(Br)c(=O)[nH]c1=O)C1CCCCC1. The Bertz CT molecular complexity index is 963. The molecule has 1 heterocycles. The van der Waals surface area contributed by atoms with E-state index < -0.39 is 11.2 Å². The smallest absolute Gasteiger partial charge is 0.328 e. The van der Waals surface area contributed by atoms with Crippen molar-refractivity contribution in [3.05, 3.63) is 66.9 Å². The molecule has 0 atom stereocenters. The summed E-state index contributed by atoms with van der Waals surface area (Å²) in [5, 5.41) is 2.88. The number of nitrogens with zero attached hydrogens (tertiary/aromatic N) is 2. The Labute approximate surface area is 178 Å². The summed E-state index contributed by atoms with van der Waals surface area (Å²) in [5.74, 6) is -0.290. The van der Waals surface area contributed by atoms with E-state index in [0.29, 0.717) is 12.6 Å². The average Bonchev–Trinajstić information content (AvgIpc) is 2.72. The summed E-state index contributed by atoms with van der Waals surface area (Å²) < 4.78 is 1.38. The van der Waals surface area contributed by atoms with E-state index >= 15 is 0 Å². The van der Waals surface area contributed by atoms with E-state index in [4.69, 9.17) is 0 Å². The molecule has 1 aromatic heterocycles. The van der Waals surface area contributed by atoms with Gasteiger partial charge in [0, 0.05) is 25.3 Å². The van der Waals surface area contributed by atoms with Crippen LogP contribution >= 0.6 is 15.9 Å². The second kappa shape index (κ2) is 10.0. The van der Waals surface area contributed by atoms with E-state index in [1.165, 1.54) is 48.4 Å². The highest BCUT2D eigenvalue weighted by atomic mass is 79.9. The monoisotopic (exact) mass is 462 g/mol. The topological polar surface area (TPSA) is 87.2 Å². The molecule has 2 aromatic rings. The molecular formula is C21H27BrN4O3. The van der Waals surface area contributed by atoms with Gasteiger partial charge in [-0.1, -0.05) is 43.5 Å². The number of halogens is 1. The molecular weight excluding hydrogens is 436 g/mol. The van der Waals surface area contributed by atoms with Crippen LogP contribution in [0.4, 0.5) is 0 Å². The zero-order chi connectivity index (χ0) is 20.8. The van der Waals surface area contributed by atoms with Crippen molar-refractivity contribution in [1.82, 2.24) is 19.8 Å². The Morgan fingerprint density at radius 1 is 1.21 bits per heavy atom. The van der Waals surface area contributed by atoms with Crippen LogP contribution in [0.2, 0.25) is 0 Å². The molecule has 7 nitrogen and oxygen atoms in total. The van der Waals surface area contributed by atoms with Gasteiger partial charge in [0.15, 0.2) is 0 Å². The molecule has 0 aliphatic heterocycles. The van der Waals surface area contributed by atoms with E-state index in [0.717, 1.165) is 12.1 Å². The maximum atomic E-state index is 12.3. The van der Waals surface area contributed by atoms with Crippen molar-refractivity contribution in [1.29, 1.82) is 0 Å². The Morgan fingerprint density at radius 2 is 1.90 bits per heavy atom. The largest absolute Gasteiger partial charge is 0.350 e. The van der Waals surface area contributed by atoms with Crippen molar-refractivity contribution in [2.45, 2.75) is 57.8 Å². The van der Waals surface area contributed by atoms with Gasteiger partial charge in [-0.3, -0.25) is 24.0 Å². The standard InChI is InChI=1S/C21H27BrN4O3/c1-25(17-9-3-2-4-10-17)12-16-8-6-5-7-15(16)11-23-19(27)14-26-13-18(22)20(28)24-21(26)29/h5-8,13,17H,2-4,9-12,14H2,1H3,(H,23,27)(H,24,28,29). The number of hydrogen-bond donors (Lipinski definition) is 2. The lowest BCUT2D eigenvalue weighted by Crippen LogP contribution is -2.36. The van der Waals surface area contributed by atoms with Crippen LogP contribution in [-0.4, -0.2) is 33.4 Å². The van der Waals surface area contributed by atoms with Crippen molar-refractivity contribution in [2.75, 3.05) is 7.05 Å². The number of nitrogens with one attached hydrogen (secondary N) is 2. The fourth-order valence-electron chi connectivity index (χ4n) is 3.81. The first kappa shape index (κ1) is 21.5. The summed E-state index contributed by atoms with van der Waals surface area (Å²) in [6.45, 7) is 1.09. The number of carbonyl (C=O) groups is 1. The zero-order valence-electron chi connectivity index (χ0n) is 16.6. The minimum absolute atomic E-state index is 0.154. The zero-order valence-corrected chi connectivity index (χ0v) is 18.2. The second-order valence-corrected chi connectivity index (χ2v) is 8.47. The fraction of sp³-hybridized carbons (Fsp3) is 0.476. The highest BCUT2D eigenvalue weighted by Gasteiger charge is 2.19. The maximum Gasteiger partial charge on any atom is 0.328 e. The first-order chi connectivity index (χ1) is 13.9. The molecule has 1 aliphatic rings. The van der Waals surface area contributed by atoms with Crippen molar-refractivity contribution in [3.8, 4) is 0 Å². The molecule has 2 N–H and O–H groups in total. The quantitative estimate of drug-likeness (QED) is 0.660. The van der Waals surface area contributed by atoms with Gasteiger partial charge in [0.2, 0.25) is 5.91 Å². The highest BCUT2D eigenvalue weighted by molar-refractivity contribution is 9.10. The van der Waals surface area contributed by atoms with Crippen LogP contribution in [0, 0.1) is 0 Å². The molecule has 0 unspecified atom stereocenters. The minimum atomic E-state index is -0.608. The van der Waals surface area contributed by atoms with Crippen molar-refractivity contribution < 1.29 is 4.79 Å². The Balaban J connectivity index is 1.60. The predicted octanol–water partition coefficient (Wildman–Crippen LogP) is 2.38. The van der Waals surface area contributed by atoms with Gasteiger partial charge in [0.1, 0.15) is 6.54 Å². The van der Waals surface area contributed by atoms with Crippen molar-refractivity contribution in [2.24, 2.45) is 0 Å². The van der Waals surface area contributed by atoms with Crippen LogP contribution in [0.5, 0.6) is 0 Å². The van der Waals surface area contributed by atoms with E-state index in [1.807, 2.05) is 18.2 Å². The van der Waals surface area contributed by atoms with Gasteiger partial charge in [0.05, 0.1) is 4.47 Å². The molecule has 156 valence electrons. The molecule has 1 amide bonds. The number of benzene rings is 1. The summed E-state index contributed by atoms with van der Waals surface area (Å²) in [5.41, 5.74) is 1.15. The predicted molar refractivity (Wildman–Crippen MR) is 116 cm³/mol. The lowest BCUT2D eigenvalue weighted by atomic mass is 9.94. The van der Waals surface area contributed by atoms with Crippen LogP contribution in [0.1, 0.15) is 43.2 Å². The molecule has 1 fully saturated rings. The molecule has 1 aromatic carbocycles. The molecule has 0 radical (unpaired) electrons. The molecule has 0 bridgehead atoms. The van der Waals surface area contributed by atoms with Gasteiger partial charge in [-0.15, -0.1) is 0 Å². The Hall–Kier alpha value is -2.19. The van der Waals surface area contributed by atoms with Gasteiger partial charge in [-0.25, -0.2) is 4.79 Å². The Morgan fingerprint density at radius 3 is 2.62 bits per heavy atom. The number of carbonyl (C=O) groups excluding carboxylic acids is 1. The molecule has 0 saturated heterocycles. The molecule has 0 spiro atoms. The maximum absolute atomic E-state index is 12.3. The van der Waals surface area contributed by atoms with Gasteiger partial charge < -0.3 is 5.32 Å². The van der Waals surface area contributed by atoms with Crippen LogP contribution in [0.3, 0.4) is 0 Å². The van der Waals surface area contributed by atoms with Crippen molar-refractivity contribution >= 4 is 21.8 Å². The normalized spacial score (nSPS) is 14.9. The molecule has 1 saturated carbocycles. The van der Waals surface area contributed by atoms with E-state index in [1.54, 1.807) is 0 Å². The number of rotatable bonds is 7. The third-order valence-electron chi connectivity index (χ3n) is 5.49. The highest BCUT2D eigenvalue weighted by Crippen LogP contribution is 2.23. The first-order valence-electron chi connectivity index (χ1n) is 9.97. The summed E-state index contributed by atoms with van der Waals surface area (Å²) >= 11 is 3.07. The lowest BCUT2D eigenvalue weighted by Gasteiger charge is -2.31. The molecule has 8 heteroatoms. The number of aromatic amines is 1. The average molecular weight is 463 g/mol. The summed E-state index contributed by atoms with van der Waals surface area (Å²) in [6, 6.07) is 8.73. The summed E-state index contributed by atoms with van der Waals surface area (Å²) in [4.78, 5) is 40.1. The number of aromatic nitrogens is 2. The third-order valence-corrected chi connectivity index (χ3v) is 6.06. The number of H-pyrrole nitrogens is 1. The Kier molecular flexibility index (Phi) is 7.44. The van der Waals surface area contributed by atoms with E-state index in [9.17, 15) is 14.4 Å². The lowest BCUT2D eigenvalue weighted by molar-refractivity contribution is -0.121. The van der Waals surface area contributed by atoms with Crippen molar-refractivity contribution in [3.63, 3.8) is 0 Å². The van der Waals surface area contributed by atoms with Gasteiger partial charge in [0.25, 0.3) is 5.56 Å².